The third-order valence-corrected chi connectivity index (χ3v) is 4.66. The fraction of sp³-hybridized carbons (Fsp3) is 0.261. The van der Waals surface area contributed by atoms with Gasteiger partial charge in [-0.1, -0.05) is 49.3 Å². The average molecular weight is 402 g/mol. The molecule has 3 rings (SSSR count). The number of halogens is 3. The second-order valence-electron chi connectivity index (χ2n) is 6.96. The lowest BCUT2D eigenvalue weighted by Crippen LogP contribution is -2.04. The van der Waals surface area contributed by atoms with E-state index in [9.17, 15) is 18.0 Å². The number of carboxylic acid groups (broad SMARTS) is 1. The Balaban J connectivity index is 1.88. The van der Waals surface area contributed by atoms with Crippen molar-refractivity contribution in [3.8, 4) is 5.75 Å². The van der Waals surface area contributed by atoms with Crippen molar-refractivity contribution in [1.82, 2.24) is 0 Å². The van der Waals surface area contributed by atoms with Crippen LogP contribution in [-0.2, 0) is 11.0 Å². The van der Waals surface area contributed by atoms with Crippen molar-refractivity contribution in [2.75, 3.05) is 6.61 Å². The lowest BCUT2D eigenvalue weighted by molar-refractivity contribution is -0.137. The van der Waals surface area contributed by atoms with E-state index in [1.54, 1.807) is 12.1 Å². The van der Waals surface area contributed by atoms with Crippen molar-refractivity contribution in [2.45, 2.75) is 25.4 Å². The molecule has 2 aromatic rings. The number of aliphatic carboxylic acids is 1. The van der Waals surface area contributed by atoms with E-state index in [1.807, 2.05) is 18.2 Å². The molecule has 0 unspecified atom stereocenters. The smallest absolute Gasteiger partial charge is 0.416 e. The lowest BCUT2D eigenvalue weighted by atomic mass is 9.96. The van der Waals surface area contributed by atoms with Gasteiger partial charge in [-0.05, 0) is 53.3 Å². The van der Waals surface area contributed by atoms with Crippen LogP contribution in [-0.4, -0.2) is 17.7 Å². The van der Waals surface area contributed by atoms with Gasteiger partial charge in [0.15, 0.2) is 0 Å². The SMILES string of the molecule is O=C(O)/C=C/C=C(\c1ccc(C(F)(F)F)cc1)c1cccc(OCCC2CC2)c1. The molecule has 29 heavy (non-hydrogen) atoms. The summed E-state index contributed by atoms with van der Waals surface area (Å²) in [6.45, 7) is 0.617. The zero-order chi connectivity index (χ0) is 20.9. The number of carboxylic acids is 1. The Morgan fingerprint density at radius 2 is 1.83 bits per heavy atom. The highest BCUT2D eigenvalue weighted by molar-refractivity contribution is 5.84. The van der Waals surface area contributed by atoms with Gasteiger partial charge in [0.2, 0.25) is 0 Å². The van der Waals surface area contributed by atoms with Crippen LogP contribution in [0.5, 0.6) is 5.75 Å². The number of carbonyl (C=O) groups is 1. The zero-order valence-electron chi connectivity index (χ0n) is 15.7. The second-order valence-corrected chi connectivity index (χ2v) is 6.96. The number of hydrogen-bond acceptors (Lipinski definition) is 2. The van der Waals surface area contributed by atoms with Gasteiger partial charge in [0.05, 0.1) is 12.2 Å². The van der Waals surface area contributed by atoms with Crippen molar-refractivity contribution in [3.63, 3.8) is 0 Å². The third kappa shape index (κ3) is 6.24. The van der Waals surface area contributed by atoms with Crippen LogP contribution in [0, 0.1) is 5.92 Å². The molecule has 0 bridgehead atoms. The molecule has 3 nitrogen and oxygen atoms in total. The lowest BCUT2D eigenvalue weighted by Gasteiger charge is -2.12. The van der Waals surface area contributed by atoms with Crippen LogP contribution in [0.25, 0.3) is 5.57 Å². The summed E-state index contributed by atoms with van der Waals surface area (Å²) in [5.74, 6) is 0.315. The number of allylic oxidation sites excluding steroid dienone is 2. The standard InChI is InChI=1S/C23H21F3O3/c24-23(25,26)19-11-9-17(10-12-19)21(5-2-6-22(27)28)18-3-1-4-20(15-18)29-14-13-16-7-8-16/h1-6,9-12,15-16H,7-8,13-14H2,(H,27,28)/b6-2+,21-5+. The summed E-state index contributed by atoms with van der Waals surface area (Å²) in [5, 5.41) is 8.82. The van der Waals surface area contributed by atoms with Gasteiger partial charge in [0.1, 0.15) is 5.75 Å². The van der Waals surface area contributed by atoms with Crippen molar-refractivity contribution in [3.05, 3.63) is 83.4 Å². The summed E-state index contributed by atoms with van der Waals surface area (Å²) in [7, 11) is 0. The number of benzene rings is 2. The molecule has 1 fully saturated rings. The van der Waals surface area contributed by atoms with Gasteiger partial charge < -0.3 is 9.84 Å². The third-order valence-electron chi connectivity index (χ3n) is 4.66. The van der Waals surface area contributed by atoms with E-state index in [0.29, 0.717) is 23.5 Å². The Kier molecular flexibility index (Phi) is 6.42. The molecule has 0 radical (unpaired) electrons. The predicted octanol–water partition coefficient (Wildman–Crippen LogP) is 5.96. The number of hydrogen-bond donors (Lipinski definition) is 1. The van der Waals surface area contributed by atoms with Crippen LogP contribution in [0.4, 0.5) is 13.2 Å². The topological polar surface area (TPSA) is 46.5 Å². The van der Waals surface area contributed by atoms with E-state index in [1.165, 1.54) is 31.1 Å². The van der Waals surface area contributed by atoms with Crippen LogP contribution in [0.3, 0.4) is 0 Å². The molecule has 1 aliphatic carbocycles. The minimum absolute atomic E-state index is 0.545. The minimum Gasteiger partial charge on any atom is -0.494 e. The average Bonchev–Trinajstić information content (AvgIpc) is 3.49. The largest absolute Gasteiger partial charge is 0.494 e. The molecular formula is C23H21F3O3. The summed E-state index contributed by atoms with van der Waals surface area (Å²) >= 11 is 0. The van der Waals surface area contributed by atoms with E-state index in [2.05, 4.69) is 0 Å². The van der Waals surface area contributed by atoms with E-state index in [0.717, 1.165) is 36.1 Å². The van der Waals surface area contributed by atoms with Gasteiger partial charge in [-0.2, -0.15) is 13.2 Å². The van der Waals surface area contributed by atoms with Gasteiger partial charge in [-0.3, -0.25) is 0 Å². The fourth-order valence-corrected chi connectivity index (χ4v) is 2.93. The maximum atomic E-state index is 12.9. The molecule has 0 aromatic heterocycles. The van der Waals surface area contributed by atoms with Crippen molar-refractivity contribution >= 4 is 11.5 Å². The second kappa shape index (κ2) is 8.99. The molecule has 2 aromatic carbocycles. The van der Waals surface area contributed by atoms with Crippen LogP contribution >= 0.6 is 0 Å². The van der Waals surface area contributed by atoms with E-state index in [-0.39, 0.29) is 0 Å². The van der Waals surface area contributed by atoms with Crippen LogP contribution in [0.15, 0.2) is 66.8 Å². The first-order chi connectivity index (χ1) is 13.8. The number of ether oxygens (including phenoxy) is 1. The molecule has 0 saturated heterocycles. The quantitative estimate of drug-likeness (QED) is 0.438. The molecule has 6 heteroatoms. The first-order valence-corrected chi connectivity index (χ1v) is 9.35. The molecule has 0 spiro atoms. The molecule has 1 aliphatic rings. The van der Waals surface area contributed by atoms with Crippen LogP contribution in [0.2, 0.25) is 0 Å². The maximum absolute atomic E-state index is 12.9. The Labute approximate surface area is 167 Å². The summed E-state index contributed by atoms with van der Waals surface area (Å²) in [6.07, 6.45) is 2.99. The highest BCUT2D eigenvalue weighted by Gasteiger charge is 2.30. The number of rotatable bonds is 8. The highest BCUT2D eigenvalue weighted by atomic mass is 19.4. The van der Waals surface area contributed by atoms with Gasteiger partial charge in [-0.25, -0.2) is 4.79 Å². The Morgan fingerprint density at radius 3 is 2.45 bits per heavy atom. The number of alkyl halides is 3. The maximum Gasteiger partial charge on any atom is 0.416 e. The monoisotopic (exact) mass is 402 g/mol. The van der Waals surface area contributed by atoms with Gasteiger partial charge >= 0.3 is 12.1 Å². The molecule has 0 aliphatic heterocycles. The molecule has 1 N–H and O–H groups in total. The normalized spacial score (nSPS) is 14.9. The first-order valence-electron chi connectivity index (χ1n) is 9.35. The van der Waals surface area contributed by atoms with Crippen molar-refractivity contribution < 1.29 is 27.8 Å². The van der Waals surface area contributed by atoms with Gasteiger partial charge in [0.25, 0.3) is 0 Å². The summed E-state index contributed by atoms with van der Waals surface area (Å²) < 4.78 is 44.4. The molecule has 1 saturated carbocycles. The van der Waals surface area contributed by atoms with Crippen molar-refractivity contribution in [1.29, 1.82) is 0 Å². The van der Waals surface area contributed by atoms with E-state index < -0.39 is 17.7 Å². The molecule has 0 heterocycles. The molecule has 0 atom stereocenters. The molecule has 152 valence electrons. The predicted molar refractivity (Wildman–Crippen MR) is 105 cm³/mol. The van der Waals surface area contributed by atoms with E-state index in [4.69, 9.17) is 9.84 Å². The van der Waals surface area contributed by atoms with Crippen molar-refractivity contribution in [2.24, 2.45) is 5.92 Å². The molecular weight excluding hydrogens is 381 g/mol. The van der Waals surface area contributed by atoms with Crippen LogP contribution in [0.1, 0.15) is 36.0 Å². The van der Waals surface area contributed by atoms with Gasteiger partial charge in [-0.15, -0.1) is 0 Å². The molecule has 0 amide bonds. The highest BCUT2D eigenvalue weighted by Crippen LogP contribution is 2.33. The van der Waals surface area contributed by atoms with Gasteiger partial charge in [0, 0.05) is 6.08 Å². The summed E-state index contributed by atoms with van der Waals surface area (Å²) in [5.41, 5.74) is 1.13. The Hall–Kier alpha value is -3.02. The van der Waals surface area contributed by atoms with E-state index >= 15 is 0 Å². The van der Waals surface area contributed by atoms with Crippen LogP contribution < -0.4 is 4.74 Å². The zero-order valence-corrected chi connectivity index (χ0v) is 15.7. The Bertz CT molecular complexity index is 908. The summed E-state index contributed by atoms with van der Waals surface area (Å²) in [6, 6.07) is 12.0. The Morgan fingerprint density at radius 1 is 1.10 bits per heavy atom. The first kappa shape index (κ1) is 20.7. The summed E-state index contributed by atoms with van der Waals surface area (Å²) in [4.78, 5) is 10.8. The fourth-order valence-electron chi connectivity index (χ4n) is 2.93. The minimum atomic E-state index is -4.42.